The number of benzene rings is 2. The maximum atomic E-state index is 5.70. The first-order valence-corrected chi connectivity index (χ1v) is 5.94. The molecule has 0 saturated heterocycles. The van der Waals surface area contributed by atoms with Gasteiger partial charge in [-0.2, -0.15) is 0 Å². The van der Waals surface area contributed by atoms with Crippen LogP contribution in [0.2, 0.25) is 0 Å². The van der Waals surface area contributed by atoms with Crippen LogP contribution in [0.15, 0.2) is 46.9 Å². The van der Waals surface area contributed by atoms with Crippen LogP contribution in [0, 0.1) is 0 Å². The lowest BCUT2D eigenvalue weighted by molar-refractivity contribution is 0.174. The maximum absolute atomic E-state index is 5.70. The first-order chi connectivity index (χ1) is 8.31. The Labute approximate surface area is 107 Å². The minimum absolute atomic E-state index is 0.275. The Balaban J connectivity index is 1.83. The molecule has 2 aromatic carbocycles. The van der Waals surface area contributed by atoms with Gasteiger partial charge in [0, 0.05) is 10.5 Å². The molecule has 2 aromatic rings. The Hall–Kier alpha value is -1.68. The summed E-state index contributed by atoms with van der Waals surface area (Å²) in [4.78, 5) is 0. The van der Waals surface area contributed by atoms with Gasteiger partial charge in [-0.25, -0.2) is 0 Å². The molecule has 0 saturated carbocycles. The highest BCUT2D eigenvalue weighted by Gasteiger charge is 2.13. The van der Waals surface area contributed by atoms with Gasteiger partial charge < -0.3 is 14.2 Å². The van der Waals surface area contributed by atoms with Gasteiger partial charge in [0.25, 0.3) is 0 Å². The van der Waals surface area contributed by atoms with Gasteiger partial charge in [0.1, 0.15) is 11.5 Å². The normalized spacial score (nSPS) is 12.5. The molecular formula is C13H9BrO3. The molecule has 0 fully saturated rings. The molecule has 1 aliphatic rings. The fourth-order valence-electron chi connectivity index (χ4n) is 1.58. The highest BCUT2D eigenvalue weighted by atomic mass is 79.9. The van der Waals surface area contributed by atoms with Crippen LogP contribution in [0.25, 0.3) is 0 Å². The molecule has 1 heterocycles. The first-order valence-electron chi connectivity index (χ1n) is 5.14. The van der Waals surface area contributed by atoms with Crippen LogP contribution in [-0.2, 0) is 0 Å². The lowest BCUT2D eigenvalue weighted by Crippen LogP contribution is -1.92. The lowest BCUT2D eigenvalue weighted by Gasteiger charge is -2.06. The summed E-state index contributed by atoms with van der Waals surface area (Å²) < 4.78 is 17.2. The summed E-state index contributed by atoms with van der Waals surface area (Å²) in [5, 5.41) is 0. The van der Waals surface area contributed by atoms with Crippen molar-refractivity contribution in [3.05, 3.63) is 46.9 Å². The molecule has 0 N–H and O–H groups in total. The Kier molecular flexibility index (Phi) is 2.65. The van der Waals surface area contributed by atoms with Crippen molar-refractivity contribution in [3.8, 4) is 23.0 Å². The minimum atomic E-state index is 0.275. The van der Waals surface area contributed by atoms with Crippen molar-refractivity contribution in [2.24, 2.45) is 0 Å². The van der Waals surface area contributed by atoms with Gasteiger partial charge in [0.05, 0.1) is 0 Å². The second-order valence-electron chi connectivity index (χ2n) is 3.57. The van der Waals surface area contributed by atoms with Gasteiger partial charge in [0.15, 0.2) is 11.5 Å². The lowest BCUT2D eigenvalue weighted by atomic mass is 10.3. The zero-order valence-corrected chi connectivity index (χ0v) is 10.4. The highest BCUT2D eigenvalue weighted by molar-refractivity contribution is 9.10. The van der Waals surface area contributed by atoms with Gasteiger partial charge in [-0.1, -0.05) is 15.9 Å². The minimum Gasteiger partial charge on any atom is -0.457 e. The number of hydrogen-bond donors (Lipinski definition) is 0. The molecule has 0 radical (unpaired) electrons. The third-order valence-electron chi connectivity index (χ3n) is 2.39. The zero-order chi connectivity index (χ0) is 11.7. The Morgan fingerprint density at radius 2 is 1.59 bits per heavy atom. The van der Waals surface area contributed by atoms with Gasteiger partial charge in [-0.05, 0) is 36.4 Å². The maximum Gasteiger partial charge on any atom is 0.231 e. The number of rotatable bonds is 2. The molecule has 0 atom stereocenters. The quantitative estimate of drug-likeness (QED) is 0.838. The summed E-state index contributed by atoms with van der Waals surface area (Å²) in [5.74, 6) is 3.00. The molecule has 17 heavy (non-hydrogen) atoms. The van der Waals surface area contributed by atoms with Crippen molar-refractivity contribution in [2.75, 3.05) is 6.79 Å². The highest BCUT2D eigenvalue weighted by Crippen LogP contribution is 2.36. The van der Waals surface area contributed by atoms with E-state index >= 15 is 0 Å². The second-order valence-corrected chi connectivity index (χ2v) is 4.49. The predicted octanol–water partition coefficient (Wildman–Crippen LogP) is 3.97. The molecule has 3 nitrogen and oxygen atoms in total. The molecule has 0 aromatic heterocycles. The van der Waals surface area contributed by atoms with E-state index in [0.717, 1.165) is 27.5 Å². The summed E-state index contributed by atoms with van der Waals surface area (Å²) in [6.07, 6.45) is 0. The molecule has 1 aliphatic heterocycles. The molecule has 86 valence electrons. The van der Waals surface area contributed by atoms with Gasteiger partial charge in [-0.15, -0.1) is 0 Å². The number of hydrogen-bond acceptors (Lipinski definition) is 3. The third-order valence-corrected chi connectivity index (χ3v) is 2.92. The van der Waals surface area contributed by atoms with Crippen LogP contribution in [-0.4, -0.2) is 6.79 Å². The van der Waals surface area contributed by atoms with Crippen LogP contribution < -0.4 is 14.2 Å². The van der Waals surface area contributed by atoms with Crippen LogP contribution in [0.1, 0.15) is 0 Å². The van der Waals surface area contributed by atoms with E-state index in [1.165, 1.54) is 0 Å². The number of ether oxygens (including phenoxy) is 3. The molecule has 0 amide bonds. The van der Waals surface area contributed by atoms with Gasteiger partial charge in [0.2, 0.25) is 6.79 Å². The van der Waals surface area contributed by atoms with Crippen molar-refractivity contribution < 1.29 is 14.2 Å². The van der Waals surface area contributed by atoms with Crippen LogP contribution in [0.5, 0.6) is 23.0 Å². The monoisotopic (exact) mass is 292 g/mol. The summed E-state index contributed by atoms with van der Waals surface area (Å²) in [7, 11) is 0. The summed E-state index contributed by atoms with van der Waals surface area (Å²) >= 11 is 3.38. The topological polar surface area (TPSA) is 27.7 Å². The fraction of sp³-hybridized carbons (Fsp3) is 0.0769. The van der Waals surface area contributed by atoms with Gasteiger partial charge >= 0.3 is 0 Å². The molecular weight excluding hydrogens is 284 g/mol. The SMILES string of the molecule is Brc1ccc(Oc2ccc3c(c2)OCO3)cc1. The smallest absolute Gasteiger partial charge is 0.231 e. The van der Waals surface area contributed by atoms with E-state index in [-0.39, 0.29) is 6.79 Å². The van der Waals surface area contributed by atoms with E-state index in [1.807, 2.05) is 42.5 Å². The predicted molar refractivity (Wildman–Crippen MR) is 66.8 cm³/mol. The third kappa shape index (κ3) is 2.22. The molecule has 0 spiro atoms. The molecule has 0 unspecified atom stereocenters. The molecule has 0 bridgehead atoms. The Morgan fingerprint density at radius 3 is 2.41 bits per heavy atom. The summed E-state index contributed by atoms with van der Waals surface area (Å²) in [6.45, 7) is 0.275. The van der Waals surface area contributed by atoms with E-state index in [9.17, 15) is 0 Å². The molecule has 3 rings (SSSR count). The summed E-state index contributed by atoms with van der Waals surface area (Å²) in [5.41, 5.74) is 0. The van der Waals surface area contributed by atoms with Crippen molar-refractivity contribution in [1.29, 1.82) is 0 Å². The van der Waals surface area contributed by atoms with E-state index in [0.29, 0.717) is 0 Å². The van der Waals surface area contributed by atoms with Crippen molar-refractivity contribution in [3.63, 3.8) is 0 Å². The number of halogens is 1. The average Bonchev–Trinajstić information content (AvgIpc) is 2.79. The largest absolute Gasteiger partial charge is 0.457 e. The van der Waals surface area contributed by atoms with E-state index in [1.54, 1.807) is 0 Å². The van der Waals surface area contributed by atoms with Crippen LogP contribution >= 0.6 is 15.9 Å². The van der Waals surface area contributed by atoms with E-state index in [4.69, 9.17) is 14.2 Å². The molecule has 0 aliphatic carbocycles. The number of fused-ring (bicyclic) bond motifs is 1. The van der Waals surface area contributed by atoms with Crippen LogP contribution in [0.3, 0.4) is 0 Å². The zero-order valence-electron chi connectivity index (χ0n) is 8.85. The van der Waals surface area contributed by atoms with E-state index < -0.39 is 0 Å². The Morgan fingerprint density at radius 1 is 0.882 bits per heavy atom. The first kappa shape index (κ1) is 10.5. The fourth-order valence-corrected chi connectivity index (χ4v) is 1.84. The Bertz CT molecular complexity index is 537. The molecule has 4 heteroatoms. The van der Waals surface area contributed by atoms with Crippen molar-refractivity contribution in [2.45, 2.75) is 0 Å². The second kappa shape index (κ2) is 4.30. The van der Waals surface area contributed by atoms with Crippen LogP contribution in [0.4, 0.5) is 0 Å². The van der Waals surface area contributed by atoms with E-state index in [2.05, 4.69) is 15.9 Å². The standard InChI is InChI=1S/C13H9BrO3/c14-9-1-3-10(4-2-9)17-11-5-6-12-13(7-11)16-8-15-12/h1-7H,8H2. The van der Waals surface area contributed by atoms with Crippen molar-refractivity contribution in [1.82, 2.24) is 0 Å². The van der Waals surface area contributed by atoms with Gasteiger partial charge in [-0.3, -0.25) is 0 Å². The van der Waals surface area contributed by atoms with Crippen molar-refractivity contribution >= 4 is 15.9 Å². The average molecular weight is 293 g/mol. The summed E-state index contributed by atoms with van der Waals surface area (Å²) in [6, 6.07) is 13.2.